The molecule has 0 atom stereocenters. The molecule has 0 radical (unpaired) electrons. The summed E-state index contributed by atoms with van der Waals surface area (Å²) in [6.45, 7) is 0. The minimum Gasteiger partial charge on any atom is -0.423 e. The second kappa shape index (κ2) is 13.8. The zero-order valence-corrected chi connectivity index (χ0v) is 18.5. The number of pyridine rings is 2. The van der Waals surface area contributed by atoms with Gasteiger partial charge in [0.2, 0.25) is 0 Å². The van der Waals surface area contributed by atoms with Crippen LogP contribution in [-0.2, 0) is 0 Å². The van der Waals surface area contributed by atoms with E-state index in [1.165, 1.54) is 0 Å². The van der Waals surface area contributed by atoms with Crippen molar-refractivity contribution in [2.75, 3.05) is 0 Å². The van der Waals surface area contributed by atoms with E-state index in [0.717, 1.165) is 17.5 Å². The fourth-order valence-corrected chi connectivity index (χ4v) is 2.76. The molecule has 0 saturated carbocycles. The Kier molecular flexibility index (Phi) is 10.7. The van der Waals surface area contributed by atoms with Crippen LogP contribution in [-0.4, -0.2) is 39.7 Å². The second-order valence-electron chi connectivity index (χ2n) is 6.22. The van der Waals surface area contributed by atoms with Crippen molar-refractivity contribution in [1.29, 1.82) is 0 Å². The molecule has 0 spiro atoms. The highest BCUT2D eigenvalue weighted by atomic mass is 79.9. The number of nitrogens with zero attached hydrogens (tertiary/aromatic N) is 2. The summed E-state index contributed by atoms with van der Waals surface area (Å²) >= 11 is 3.13. The normalized spacial score (nSPS) is 9.34. The zero-order valence-electron chi connectivity index (χ0n) is 17.0. The van der Waals surface area contributed by atoms with Gasteiger partial charge in [0.05, 0.1) is 5.69 Å². The third-order valence-corrected chi connectivity index (χ3v) is 4.36. The number of carbonyl (C=O) groups is 2. The van der Waals surface area contributed by atoms with Crippen molar-refractivity contribution in [2.45, 2.75) is 0 Å². The van der Waals surface area contributed by atoms with Gasteiger partial charge in [-0.15, -0.1) is 0 Å². The molecule has 8 heteroatoms. The summed E-state index contributed by atoms with van der Waals surface area (Å²) in [5, 5.41) is 17.2. The summed E-state index contributed by atoms with van der Waals surface area (Å²) in [5.74, 6) is 0. The molecule has 2 N–H and O–H groups in total. The van der Waals surface area contributed by atoms with Crippen molar-refractivity contribution in [3.63, 3.8) is 0 Å². The first-order valence-corrected chi connectivity index (χ1v) is 10.3. The predicted molar refractivity (Wildman–Crippen MR) is 129 cm³/mol. The molecule has 0 aliphatic rings. The maximum Gasteiger partial charge on any atom is 0.488 e. The molecule has 0 aliphatic heterocycles. The summed E-state index contributed by atoms with van der Waals surface area (Å²) < 4.78 is 0.687. The molecule has 2 heterocycles. The van der Waals surface area contributed by atoms with Gasteiger partial charge < -0.3 is 10.0 Å². The van der Waals surface area contributed by atoms with Crippen LogP contribution in [0.25, 0.3) is 11.3 Å². The Morgan fingerprint density at radius 3 is 1.66 bits per heavy atom. The van der Waals surface area contributed by atoms with Crippen LogP contribution in [0.4, 0.5) is 0 Å². The van der Waals surface area contributed by atoms with Crippen molar-refractivity contribution in [2.24, 2.45) is 0 Å². The molecule has 4 rings (SSSR count). The number of benzene rings is 2. The topological polar surface area (TPSA) is 100 Å². The highest BCUT2D eigenvalue weighted by Crippen LogP contribution is 2.15. The highest BCUT2D eigenvalue weighted by Gasteiger charge is 2.07. The molecular formula is C24H20BBrN2O4. The molecule has 2 aromatic carbocycles. The van der Waals surface area contributed by atoms with E-state index in [1.807, 2.05) is 48.5 Å². The van der Waals surface area contributed by atoms with E-state index in [2.05, 4.69) is 25.9 Å². The van der Waals surface area contributed by atoms with E-state index < -0.39 is 7.12 Å². The Hall–Kier alpha value is -3.46. The minimum atomic E-state index is -1.34. The highest BCUT2D eigenvalue weighted by molar-refractivity contribution is 9.10. The molecule has 6 nitrogen and oxygen atoms in total. The van der Waals surface area contributed by atoms with E-state index in [-0.39, 0.29) is 0 Å². The van der Waals surface area contributed by atoms with Gasteiger partial charge in [-0.2, -0.15) is 0 Å². The lowest BCUT2D eigenvalue weighted by atomic mass is 9.81. The van der Waals surface area contributed by atoms with Crippen LogP contribution in [0.2, 0.25) is 0 Å². The Labute approximate surface area is 194 Å². The summed E-state index contributed by atoms with van der Waals surface area (Å²) in [7, 11) is -1.34. The van der Waals surface area contributed by atoms with Gasteiger partial charge in [-0.25, -0.2) is 9.97 Å². The van der Waals surface area contributed by atoms with Crippen molar-refractivity contribution in [3.8, 4) is 11.3 Å². The standard InChI is InChI=1S/C12H9NO.C6H7BO2.C6H4BrNO/c14-9-11-7-4-8-12(13-11)10-5-2-1-3-6-10;8-7(9)6-4-2-1-3-5-6;7-6-3-1-2-5(4-9)8-6/h1-9H;1-5,8-9H;1-4H. The lowest BCUT2D eigenvalue weighted by molar-refractivity contribution is 0.111. The van der Waals surface area contributed by atoms with Crippen LogP contribution in [0.3, 0.4) is 0 Å². The van der Waals surface area contributed by atoms with E-state index in [9.17, 15) is 9.59 Å². The summed E-state index contributed by atoms with van der Waals surface area (Å²) in [5.41, 5.74) is 3.29. The molecule has 160 valence electrons. The van der Waals surface area contributed by atoms with Gasteiger partial charge in [0.1, 0.15) is 16.0 Å². The molecule has 2 aromatic heterocycles. The largest absolute Gasteiger partial charge is 0.488 e. The van der Waals surface area contributed by atoms with Gasteiger partial charge in [-0.3, -0.25) is 9.59 Å². The third-order valence-electron chi connectivity index (χ3n) is 3.92. The second-order valence-corrected chi connectivity index (χ2v) is 7.03. The van der Waals surface area contributed by atoms with E-state index in [1.54, 1.807) is 48.5 Å². The summed E-state index contributed by atoms with van der Waals surface area (Å²) in [4.78, 5) is 28.6. The molecule has 0 saturated heterocycles. The van der Waals surface area contributed by atoms with E-state index in [4.69, 9.17) is 10.0 Å². The molecular weight excluding hydrogens is 471 g/mol. The Morgan fingerprint density at radius 2 is 1.19 bits per heavy atom. The van der Waals surface area contributed by atoms with Gasteiger partial charge in [0, 0.05) is 5.56 Å². The molecule has 0 bridgehead atoms. The van der Waals surface area contributed by atoms with Gasteiger partial charge in [-0.05, 0) is 45.7 Å². The fourth-order valence-electron chi connectivity index (χ4n) is 2.40. The SMILES string of the molecule is O=Cc1cccc(-c2ccccc2)n1.O=Cc1cccc(Br)n1.OB(O)c1ccccc1. The van der Waals surface area contributed by atoms with Crippen LogP contribution in [0.15, 0.2) is 102 Å². The Balaban J connectivity index is 0.000000178. The van der Waals surface area contributed by atoms with Gasteiger partial charge >= 0.3 is 7.12 Å². The van der Waals surface area contributed by atoms with Crippen molar-refractivity contribution < 1.29 is 19.6 Å². The van der Waals surface area contributed by atoms with Crippen LogP contribution in [0.1, 0.15) is 21.0 Å². The number of halogens is 1. The number of rotatable bonds is 4. The van der Waals surface area contributed by atoms with Crippen LogP contribution < -0.4 is 5.46 Å². The molecule has 0 amide bonds. The molecule has 0 fully saturated rings. The van der Waals surface area contributed by atoms with Crippen molar-refractivity contribution in [1.82, 2.24) is 9.97 Å². The lowest BCUT2D eigenvalue weighted by Crippen LogP contribution is -2.29. The Bertz CT molecular complexity index is 1110. The van der Waals surface area contributed by atoms with Gasteiger partial charge in [0.15, 0.2) is 12.6 Å². The number of aromatic nitrogens is 2. The summed E-state index contributed by atoms with van der Waals surface area (Å²) in [6, 6.07) is 29.0. The summed E-state index contributed by atoms with van der Waals surface area (Å²) in [6.07, 6.45) is 1.47. The number of carbonyl (C=O) groups excluding carboxylic acids is 2. The maximum atomic E-state index is 10.5. The smallest absolute Gasteiger partial charge is 0.423 e. The van der Waals surface area contributed by atoms with Crippen LogP contribution >= 0.6 is 15.9 Å². The van der Waals surface area contributed by atoms with Crippen LogP contribution in [0.5, 0.6) is 0 Å². The predicted octanol–water partition coefficient (Wildman–Crippen LogP) is 3.58. The van der Waals surface area contributed by atoms with E-state index >= 15 is 0 Å². The quantitative estimate of drug-likeness (QED) is 0.257. The number of hydrogen-bond donors (Lipinski definition) is 2. The van der Waals surface area contributed by atoms with Crippen molar-refractivity contribution >= 4 is 41.1 Å². The maximum absolute atomic E-state index is 10.5. The monoisotopic (exact) mass is 490 g/mol. The van der Waals surface area contributed by atoms with Crippen LogP contribution in [0, 0.1) is 0 Å². The minimum absolute atomic E-state index is 0.448. The molecule has 4 aromatic rings. The molecule has 0 aliphatic carbocycles. The van der Waals surface area contributed by atoms with E-state index in [0.29, 0.717) is 27.7 Å². The third kappa shape index (κ3) is 8.73. The molecule has 32 heavy (non-hydrogen) atoms. The first-order chi connectivity index (χ1) is 15.5. The first-order valence-electron chi connectivity index (χ1n) is 9.50. The average Bonchev–Trinajstić information content (AvgIpc) is 2.86. The first kappa shape index (κ1) is 24.8. The molecule has 0 unspecified atom stereocenters. The average molecular weight is 491 g/mol. The number of aldehydes is 2. The number of hydrogen-bond acceptors (Lipinski definition) is 6. The van der Waals surface area contributed by atoms with Gasteiger partial charge in [-0.1, -0.05) is 72.8 Å². The fraction of sp³-hybridized carbons (Fsp3) is 0. The van der Waals surface area contributed by atoms with Crippen molar-refractivity contribution in [3.05, 3.63) is 113 Å². The lowest BCUT2D eigenvalue weighted by Gasteiger charge is -1.99. The van der Waals surface area contributed by atoms with Gasteiger partial charge in [0.25, 0.3) is 0 Å². The Morgan fingerprint density at radius 1 is 0.656 bits per heavy atom. The zero-order chi connectivity index (χ0) is 23.2.